The number of carbonyl (C=O) groups excluding carboxylic acids is 1. The van der Waals surface area contributed by atoms with E-state index in [-0.39, 0.29) is 11.3 Å². The van der Waals surface area contributed by atoms with Gasteiger partial charge in [-0.3, -0.25) is 9.69 Å². The molecule has 0 N–H and O–H groups in total. The highest BCUT2D eigenvalue weighted by atomic mass is 16.1. The Morgan fingerprint density at radius 1 is 1.45 bits per heavy atom. The van der Waals surface area contributed by atoms with Crippen LogP contribution in [0.2, 0.25) is 0 Å². The van der Waals surface area contributed by atoms with Crippen molar-refractivity contribution in [2.75, 3.05) is 13.1 Å². The van der Waals surface area contributed by atoms with Gasteiger partial charge in [-0.2, -0.15) is 0 Å². The van der Waals surface area contributed by atoms with Crippen molar-refractivity contribution in [2.24, 2.45) is 0 Å². The minimum Gasteiger partial charge on any atom is -0.293 e. The first-order valence-corrected chi connectivity index (χ1v) is 3.94. The zero-order chi connectivity index (χ0) is 8.48. The summed E-state index contributed by atoms with van der Waals surface area (Å²) in [5.41, 5.74) is 0.112. The summed E-state index contributed by atoms with van der Waals surface area (Å²) in [5.74, 6) is 0.214. The molecule has 0 unspecified atom stereocenters. The number of carbonyl (C=O) groups is 1. The van der Waals surface area contributed by atoms with E-state index >= 15 is 0 Å². The highest BCUT2D eigenvalue weighted by molar-refractivity contribution is 5.92. The SMILES string of the molecule is CC(C)(C)N1CC=CC(=O)C1. The molecular weight excluding hydrogens is 138 g/mol. The molecule has 0 saturated carbocycles. The lowest BCUT2D eigenvalue weighted by molar-refractivity contribution is -0.117. The van der Waals surface area contributed by atoms with Crippen LogP contribution in [0.5, 0.6) is 0 Å². The second-order valence-electron chi connectivity index (χ2n) is 3.92. The molecule has 0 bridgehead atoms. The monoisotopic (exact) mass is 153 g/mol. The molecule has 1 heterocycles. The lowest BCUT2D eigenvalue weighted by Crippen LogP contribution is -2.45. The molecule has 0 aromatic heterocycles. The van der Waals surface area contributed by atoms with Gasteiger partial charge in [0.1, 0.15) is 0 Å². The average molecular weight is 153 g/mol. The van der Waals surface area contributed by atoms with Crippen molar-refractivity contribution in [2.45, 2.75) is 26.3 Å². The predicted octanol–water partition coefficient (Wildman–Crippen LogP) is 1.23. The van der Waals surface area contributed by atoms with E-state index < -0.39 is 0 Å². The summed E-state index contributed by atoms with van der Waals surface area (Å²) in [4.78, 5) is 13.2. The Morgan fingerprint density at radius 3 is 2.45 bits per heavy atom. The summed E-state index contributed by atoms with van der Waals surface area (Å²) >= 11 is 0. The summed E-state index contributed by atoms with van der Waals surface area (Å²) in [5, 5.41) is 0. The van der Waals surface area contributed by atoms with Gasteiger partial charge in [0.25, 0.3) is 0 Å². The Morgan fingerprint density at radius 2 is 2.09 bits per heavy atom. The van der Waals surface area contributed by atoms with Gasteiger partial charge >= 0.3 is 0 Å². The number of ketones is 1. The fraction of sp³-hybridized carbons (Fsp3) is 0.667. The number of rotatable bonds is 0. The van der Waals surface area contributed by atoms with Crippen molar-refractivity contribution in [3.05, 3.63) is 12.2 Å². The van der Waals surface area contributed by atoms with E-state index in [1.54, 1.807) is 6.08 Å². The Kier molecular flexibility index (Phi) is 2.14. The van der Waals surface area contributed by atoms with E-state index in [0.717, 1.165) is 6.54 Å². The highest BCUT2D eigenvalue weighted by Crippen LogP contribution is 2.14. The first kappa shape index (κ1) is 8.47. The van der Waals surface area contributed by atoms with Crippen LogP contribution in [0.1, 0.15) is 20.8 Å². The third-order valence-corrected chi connectivity index (χ3v) is 1.92. The first-order chi connectivity index (χ1) is 5.00. The van der Waals surface area contributed by atoms with Crippen LogP contribution in [0.4, 0.5) is 0 Å². The summed E-state index contributed by atoms with van der Waals surface area (Å²) in [6.07, 6.45) is 3.60. The molecule has 0 aliphatic carbocycles. The first-order valence-electron chi connectivity index (χ1n) is 3.94. The molecule has 11 heavy (non-hydrogen) atoms. The molecule has 0 atom stereocenters. The van der Waals surface area contributed by atoms with Gasteiger partial charge in [0.2, 0.25) is 0 Å². The van der Waals surface area contributed by atoms with Crippen LogP contribution in [0, 0.1) is 0 Å². The van der Waals surface area contributed by atoms with Gasteiger partial charge in [-0.25, -0.2) is 0 Å². The molecule has 1 aliphatic rings. The molecule has 0 fully saturated rings. The lowest BCUT2D eigenvalue weighted by atomic mass is 10.0. The van der Waals surface area contributed by atoms with Gasteiger partial charge in [0, 0.05) is 12.1 Å². The standard InChI is InChI=1S/C9H15NO/c1-9(2,3)10-6-4-5-8(11)7-10/h4-5H,6-7H2,1-3H3. The minimum absolute atomic E-state index is 0.112. The molecule has 0 aromatic rings. The Balaban J connectivity index is 2.64. The second-order valence-corrected chi connectivity index (χ2v) is 3.92. The van der Waals surface area contributed by atoms with Crippen molar-refractivity contribution in [1.29, 1.82) is 0 Å². The second kappa shape index (κ2) is 2.78. The van der Waals surface area contributed by atoms with Crippen molar-refractivity contribution in [3.8, 4) is 0 Å². The van der Waals surface area contributed by atoms with Gasteiger partial charge in [-0.15, -0.1) is 0 Å². The lowest BCUT2D eigenvalue weighted by Gasteiger charge is -2.35. The molecule has 2 heteroatoms. The topological polar surface area (TPSA) is 20.3 Å². The smallest absolute Gasteiger partial charge is 0.169 e. The van der Waals surface area contributed by atoms with E-state index in [4.69, 9.17) is 0 Å². The number of hydrogen-bond acceptors (Lipinski definition) is 2. The Labute approximate surface area is 67.9 Å². The molecule has 1 rings (SSSR count). The van der Waals surface area contributed by atoms with Crippen LogP contribution >= 0.6 is 0 Å². The fourth-order valence-corrected chi connectivity index (χ4v) is 1.13. The van der Waals surface area contributed by atoms with Crippen LogP contribution in [-0.2, 0) is 4.79 Å². The summed E-state index contributed by atoms with van der Waals surface area (Å²) in [6.45, 7) is 7.84. The van der Waals surface area contributed by atoms with E-state index in [1.165, 1.54) is 0 Å². The molecule has 0 saturated heterocycles. The quantitative estimate of drug-likeness (QED) is 0.521. The van der Waals surface area contributed by atoms with Gasteiger partial charge < -0.3 is 0 Å². The van der Waals surface area contributed by atoms with Gasteiger partial charge in [-0.05, 0) is 26.8 Å². The van der Waals surface area contributed by atoms with E-state index in [2.05, 4.69) is 25.7 Å². The average Bonchev–Trinajstić information content (AvgIpc) is 1.86. The predicted molar refractivity (Wildman–Crippen MR) is 45.5 cm³/mol. The highest BCUT2D eigenvalue weighted by Gasteiger charge is 2.23. The van der Waals surface area contributed by atoms with Crippen molar-refractivity contribution in [3.63, 3.8) is 0 Å². The Bertz CT molecular complexity index is 188. The molecule has 0 aromatic carbocycles. The maximum atomic E-state index is 11.0. The van der Waals surface area contributed by atoms with Crippen LogP contribution in [-0.4, -0.2) is 29.3 Å². The van der Waals surface area contributed by atoms with E-state index in [0.29, 0.717) is 6.54 Å². The molecule has 2 nitrogen and oxygen atoms in total. The number of nitrogens with zero attached hydrogens (tertiary/aromatic N) is 1. The van der Waals surface area contributed by atoms with E-state index in [1.807, 2.05) is 6.08 Å². The van der Waals surface area contributed by atoms with Gasteiger partial charge in [-0.1, -0.05) is 6.08 Å². The third-order valence-electron chi connectivity index (χ3n) is 1.92. The van der Waals surface area contributed by atoms with E-state index in [9.17, 15) is 4.79 Å². The molecular formula is C9H15NO. The Hall–Kier alpha value is -0.630. The summed E-state index contributed by atoms with van der Waals surface area (Å²) < 4.78 is 0. The molecule has 62 valence electrons. The zero-order valence-electron chi connectivity index (χ0n) is 7.42. The van der Waals surface area contributed by atoms with Gasteiger partial charge in [0.05, 0.1) is 6.54 Å². The third kappa shape index (κ3) is 2.15. The van der Waals surface area contributed by atoms with Crippen molar-refractivity contribution in [1.82, 2.24) is 4.90 Å². The minimum atomic E-state index is 0.112. The summed E-state index contributed by atoms with van der Waals surface area (Å²) in [6, 6.07) is 0. The van der Waals surface area contributed by atoms with Crippen LogP contribution in [0.3, 0.4) is 0 Å². The fourth-order valence-electron chi connectivity index (χ4n) is 1.13. The zero-order valence-corrected chi connectivity index (χ0v) is 7.42. The molecule has 0 amide bonds. The van der Waals surface area contributed by atoms with Crippen LogP contribution < -0.4 is 0 Å². The normalized spacial score (nSPS) is 20.8. The molecule has 1 aliphatic heterocycles. The van der Waals surface area contributed by atoms with Crippen LogP contribution in [0.15, 0.2) is 12.2 Å². The van der Waals surface area contributed by atoms with Crippen molar-refractivity contribution < 1.29 is 4.79 Å². The largest absolute Gasteiger partial charge is 0.293 e. The molecule has 0 radical (unpaired) electrons. The van der Waals surface area contributed by atoms with Gasteiger partial charge in [0.15, 0.2) is 5.78 Å². The van der Waals surface area contributed by atoms with Crippen molar-refractivity contribution >= 4 is 5.78 Å². The van der Waals surface area contributed by atoms with Crippen LogP contribution in [0.25, 0.3) is 0 Å². The maximum Gasteiger partial charge on any atom is 0.169 e. The molecule has 0 spiro atoms. The summed E-state index contributed by atoms with van der Waals surface area (Å²) in [7, 11) is 0. The number of hydrogen-bond donors (Lipinski definition) is 0. The maximum absolute atomic E-state index is 11.0.